The Morgan fingerprint density at radius 2 is 1.74 bits per heavy atom. The summed E-state index contributed by atoms with van der Waals surface area (Å²) in [5, 5.41) is 5.55. The lowest BCUT2D eigenvalue weighted by molar-refractivity contribution is -0.286. The number of carbonyl (C=O) groups is 2. The molecule has 6 nitrogen and oxygen atoms in total. The number of fused-ring (bicyclic) bond motifs is 1. The van der Waals surface area contributed by atoms with E-state index >= 15 is 0 Å². The van der Waals surface area contributed by atoms with E-state index in [-0.39, 0.29) is 17.4 Å². The molecule has 2 amide bonds. The van der Waals surface area contributed by atoms with Crippen molar-refractivity contribution in [2.75, 3.05) is 11.9 Å². The topological polar surface area (TPSA) is 76.7 Å². The number of nitrogens with one attached hydrogen (secondary N) is 2. The number of hydrogen-bond donors (Lipinski definition) is 2. The lowest BCUT2D eigenvalue weighted by Gasteiger charge is -2.17. The van der Waals surface area contributed by atoms with Gasteiger partial charge in [0.25, 0.3) is 5.91 Å². The van der Waals surface area contributed by atoms with E-state index in [9.17, 15) is 18.4 Å². The van der Waals surface area contributed by atoms with Gasteiger partial charge in [-0.2, -0.15) is 0 Å². The van der Waals surface area contributed by atoms with Crippen LogP contribution >= 0.6 is 0 Å². The summed E-state index contributed by atoms with van der Waals surface area (Å²) < 4.78 is 35.5. The summed E-state index contributed by atoms with van der Waals surface area (Å²) in [5.74, 6) is -0.681. The molecule has 0 bridgehead atoms. The molecule has 0 aliphatic carbocycles. The number of aryl methyl sites for hydroxylation is 2. The second-order valence-corrected chi connectivity index (χ2v) is 7.89. The third-order valence-electron chi connectivity index (χ3n) is 5.46. The zero-order valence-corrected chi connectivity index (χ0v) is 18.8. The molecule has 2 N–H and O–H groups in total. The van der Waals surface area contributed by atoms with Crippen LogP contribution in [0.3, 0.4) is 0 Å². The molecular formula is C26H24F2N2O4. The van der Waals surface area contributed by atoms with Gasteiger partial charge in [0, 0.05) is 30.3 Å². The lowest BCUT2D eigenvalue weighted by Crippen LogP contribution is -2.25. The second-order valence-electron chi connectivity index (χ2n) is 7.89. The van der Waals surface area contributed by atoms with Gasteiger partial charge in [-0.25, -0.2) is 0 Å². The first-order valence-corrected chi connectivity index (χ1v) is 10.9. The van der Waals surface area contributed by atoms with Gasteiger partial charge in [0.2, 0.25) is 5.91 Å². The van der Waals surface area contributed by atoms with Crippen molar-refractivity contribution in [3.8, 4) is 22.6 Å². The van der Waals surface area contributed by atoms with Crippen LogP contribution in [0, 0.1) is 6.92 Å². The summed E-state index contributed by atoms with van der Waals surface area (Å²) in [7, 11) is 0. The minimum absolute atomic E-state index is 0.0339. The molecule has 4 rings (SSSR count). The van der Waals surface area contributed by atoms with Crippen molar-refractivity contribution >= 4 is 17.5 Å². The van der Waals surface area contributed by atoms with Crippen LogP contribution in [0.4, 0.5) is 14.5 Å². The Morgan fingerprint density at radius 3 is 2.53 bits per heavy atom. The summed E-state index contributed by atoms with van der Waals surface area (Å²) in [5.41, 5.74) is 4.17. The van der Waals surface area contributed by atoms with Crippen molar-refractivity contribution in [2.45, 2.75) is 33.0 Å². The first-order valence-electron chi connectivity index (χ1n) is 10.9. The molecule has 0 saturated heterocycles. The summed E-state index contributed by atoms with van der Waals surface area (Å²) in [6, 6.07) is 17.1. The number of hydrogen-bond acceptors (Lipinski definition) is 4. The van der Waals surface area contributed by atoms with Gasteiger partial charge in [-0.05, 0) is 60.7 Å². The maximum atomic E-state index is 13.3. The standard InChI is InChI=1S/C26H24F2N2O4/c1-3-29-23(31)14-11-17-8-4-5-9-19(17)24-16(2)7-6-10-20(24)25(32)30-18-12-13-21-22(15-18)34-26(27,28)33-21/h4-10,12-13,15H,3,11,14H2,1-2H3,(H,29,31)(H,30,32). The number of ether oxygens (including phenoxy) is 2. The number of benzene rings is 3. The Morgan fingerprint density at radius 1 is 0.971 bits per heavy atom. The molecule has 0 aromatic heterocycles. The summed E-state index contributed by atoms with van der Waals surface area (Å²) in [6.45, 7) is 4.35. The Bertz CT molecular complexity index is 1240. The molecule has 0 radical (unpaired) electrons. The van der Waals surface area contributed by atoms with Gasteiger partial charge in [0.15, 0.2) is 11.5 Å². The van der Waals surface area contributed by atoms with E-state index in [4.69, 9.17) is 0 Å². The highest BCUT2D eigenvalue weighted by atomic mass is 19.3. The van der Waals surface area contributed by atoms with Crippen LogP contribution in [-0.4, -0.2) is 24.7 Å². The van der Waals surface area contributed by atoms with Crippen molar-refractivity contribution in [2.24, 2.45) is 0 Å². The van der Waals surface area contributed by atoms with Crippen LogP contribution in [0.2, 0.25) is 0 Å². The molecule has 0 spiro atoms. The van der Waals surface area contributed by atoms with Crippen LogP contribution in [0.5, 0.6) is 11.5 Å². The first-order chi connectivity index (χ1) is 16.3. The fourth-order valence-electron chi connectivity index (χ4n) is 3.96. The van der Waals surface area contributed by atoms with Crippen molar-refractivity contribution < 1.29 is 27.8 Å². The number of alkyl halides is 2. The molecule has 1 aliphatic heterocycles. The number of anilines is 1. The Labute approximate surface area is 195 Å². The highest BCUT2D eigenvalue weighted by Gasteiger charge is 2.43. The van der Waals surface area contributed by atoms with Gasteiger partial charge >= 0.3 is 6.29 Å². The van der Waals surface area contributed by atoms with Crippen LogP contribution in [0.25, 0.3) is 11.1 Å². The monoisotopic (exact) mass is 466 g/mol. The maximum absolute atomic E-state index is 13.3. The second kappa shape index (κ2) is 9.51. The van der Waals surface area contributed by atoms with Crippen molar-refractivity contribution in [1.82, 2.24) is 5.32 Å². The van der Waals surface area contributed by atoms with Crippen molar-refractivity contribution in [3.63, 3.8) is 0 Å². The van der Waals surface area contributed by atoms with Gasteiger partial charge in [-0.1, -0.05) is 36.4 Å². The van der Waals surface area contributed by atoms with Gasteiger partial charge in [0.1, 0.15) is 0 Å². The summed E-state index contributed by atoms with van der Waals surface area (Å²) in [6.07, 6.45) is -2.87. The molecule has 1 heterocycles. The van der Waals surface area contributed by atoms with Gasteiger partial charge < -0.3 is 20.1 Å². The number of halogens is 2. The molecule has 0 unspecified atom stereocenters. The maximum Gasteiger partial charge on any atom is 0.586 e. The molecule has 176 valence electrons. The van der Waals surface area contributed by atoms with Gasteiger partial charge in [-0.15, -0.1) is 8.78 Å². The van der Waals surface area contributed by atoms with E-state index in [1.54, 1.807) is 12.1 Å². The zero-order valence-electron chi connectivity index (χ0n) is 18.8. The molecule has 3 aromatic carbocycles. The van der Waals surface area contributed by atoms with Crippen molar-refractivity contribution in [3.05, 3.63) is 77.4 Å². The largest absolute Gasteiger partial charge is 0.586 e. The zero-order chi connectivity index (χ0) is 24.3. The van der Waals surface area contributed by atoms with E-state index in [0.717, 1.165) is 22.3 Å². The molecule has 34 heavy (non-hydrogen) atoms. The molecule has 3 aromatic rings. The summed E-state index contributed by atoms with van der Waals surface area (Å²) in [4.78, 5) is 25.2. The first kappa shape index (κ1) is 23.2. The quantitative estimate of drug-likeness (QED) is 0.495. The average molecular weight is 466 g/mol. The molecule has 1 aliphatic rings. The normalized spacial score (nSPS) is 13.4. The Kier molecular flexibility index (Phi) is 6.49. The molecule has 8 heteroatoms. The summed E-state index contributed by atoms with van der Waals surface area (Å²) >= 11 is 0. The van der Waals surface area contributed by atoms with E-state index < -0.39 is 12.2 Å². The average Bonchev–Trinajstić information content (AvgIpc) is 3.11. The molecule has 0 atom stereocenters. The SMILES string of the molecule is CCNC(=O)CCc1ccccc1-c1c(C)cccc1C(=O)Nc1ccc2c(c1)OC(F)(F)O2. The van der Waals surface area contributed by atoms with Crippen LogP contribution in [0.1, 0.15) is 34.8 Å². The highest BCUT2D eigenvalue weighted by Crippen LogP contribution is 2.42. The number of amides is 2. The van der Waals surface area contributed by atoms with E-state index in [1.165, 1.54) is 18.2 Å². The predicted octanol–water partition coefficient (Wildman–Crippen LogP) is 5.30. The van der Waals surface area contributed by atoms with Gasteiger partial charge in [0.05, 0.1) is 0 Å². The Hall–Kier alpha value is -3.94. The minimum atomic E-state index is -3.73. The smallest absolute Gasteiger partial charge is 0.395 e. The fraction of sp³-hybridized carbons (Fsp3) is 0.231. The van der Waals surface area contributed by atoms with Crippen LogP contribution < -0.4 is 20.1 Å². The predicted molar refractivity (Wildman–Crippen MR) is 124 cm³/mol. The number of rotatable bonds is 7. The van der Waals surface area contributed by atoms with Gasteiger partial charge in [-0.3, -0.25) is 9.59 Å². The van der Waals surface area contributed by atoms with Crippen LogP contribution in [0.15, 0.2) is 60.7 Å². The Balaban J connectivity index is 1.63. The fourth-order valence-corrected chi connectivity index (χ4v) is 3.96. The third-order valence-corrected chi connectivity index (χ3v) is 5.46. The molecular weight excluding hydrogens is 442 g/mol. The van der Waals surface area contributed by atoms with E-state index in [2.05, 4.69) is 20.1 Å². The molecule has 0 saturated carbocycles. The van der Waals surface area contributed by atoms with E-state index in [0.29, 0.717) is 30.6 Å². The minimum Gasteiger partial charge on any atom is -0.395 e. The lowest BCUT2D eigenvalue weighted by atomic mass is 9.89. The number of carbonyl (C=O) groups excluding carboxylic acids is 2. The highest BCUT2D eigenvalue weighted by molar-refractivity contribution is 6.09. The van der Waals surface area contributed by atoms with Crippen molar-refractivity contribution in [1.29, 1.82) is 0 Å². The van der Waals surface area contributed by atoms with Crippen LogP contribution in [-0.2, 0) is 11.2 Å². The molecule has 0 fully saturated rings. The van der Waals surface area contributed by atoms with E-state index in [1.807, 2.05) is 44.2 Å². The third kappa shape index (κ3) is 5.01.